The maximum Gasteiger partial charge on any atom is 0.408 e. The number of hydrogen-bond donors (Lipinski definition) is 2. The Morgan fingerprint density at radius 3 is 2.04 bits per heavy atom. The number of nitrogens with one attached hydrogen (secondary N) is 1. The Kier molecular flexibility index (Phi) is 6.27. The molecule has 6 heteroatoms. The Balaban J connectivity index is 2.41. The van der Waals surface area contributed by atoms with Gasteiger partial charge in [0, 0.05) is 10.9 Å². The molecule has 2 atom stereocenters. The molecule has 5 nitrogen and oxygen atoms in total. The fourth-order valence-electron chi connectivity index (χ4n) is 2.63. The van der Waals surface area contributed by atoms with Crippen LogP contribution in [0.5, 0.6) is 0 Å². The molecule has 0 aromatic heterocycles. The highest BCUT2D eigenvalue weighted by Gasteiger charge is 2.33. The predicted molar refractivity (Wildman–Crippen MR) is 101 cm³/mol. The largest absolute Gasteiger partial charge is 0.480 e. The van der Waals surface area contributed by atoms with Crippen LogP contribution in [0.4, 0.5) is 4.79 Å². The maximum atomic E-state index is 12.2. The summed E-state index contributed by atoms with van der Waals surface area (Å²) in [5.74, 6) is -1.75. The first-order valence-corrected chi connectivity index (χ1v) is 8.58. The lowest BCUT2D eigenvalue weighted by atomic mass is 9.85. The summed E-state index contributed by atoms with van der Waals surface area (Å²) >= 11 is 5.96. The molecular formula is C20H22ClNO4. The number of carbonyl (C=O) groups excluding carboxylic acids is 1. The molecule has 138 valence electrons. The van der Waals surface area contributed by atoms with Gasteiger partial charge in [-0.2, -0.15) is 0 Å². The number of carboxylic acids is 1. The molecule has 0 heterocycles. The summed E-state index contributed by atoms with van der Waals surface area (Å²) in [7, 11) is 0. The van der Waals surface area contributed by atoms with Gasteiger partial charge in [0.15, 0.2) is 0 Å². The van der Waals surface area contributed by atoms with E-state index < -0.39 is 29.6 Å². The molecule has 26 heavy (non-hydrogen) atoms. The van der Waals surface area contributed by atoms with E-state index in [9.17, 15) is 14.7 Å². The molecule has 0 saturated carbocycles. The molecule has 0 radical (unpaired) electrons. The van der Waals surface area contributed by atoms with Crippen molar-refractivity contribution in [1.29, 1.82) is 0 Å². The molecule has 0 aliphatic carbocycles. The normalized spacial score (nSPS) is 13.5. The van der Waals surface area contributed by atoms with E-state index in [2.05, 4.69) is 5.32 Å². The number of amides is 1. The monoisotopic (exact) mass is 375 g/mol. The zero-order valence-corrected chi connectivity index (χ0v) is 15.7. The molecular weight excluding hydrogens is 354 g/mol. The highest BCUT2D eigenvalue weighted by Crippen LogP contribution is 2.29. The molecule has 2 aromatic carbocycles. The average Bonchev–Trinajstić information content (AvgIpc) is 2.55. The number of alkyl carbamates (subject to hydrolysis) is 1. The first-order chi connectivity index (χ1) is 12.2. The van der Waals surface area contributed by atoms with E-state index in [1.165, 1.54) is 0 Å². The van der Waals surface area contributed by atoms with Crippen LogP contribution in [0.15, 0.2) is 54.6 Å². The molecule has 0 spiro atoms. The Morgan fingerprint density at radius 1 is 1.00 bits per heavy atom. The second-order valence-electron chi connectivity index (χ2n) is 6.90. The van der Waals surface area contributed by atoms with Crippen LogP contribution in [-0.4, -0.2) is 28.8 Å². The number of aliphatic carboxylic acids is 1. The molecule has 0 aliphatic rings. The Morgan fingerprint density at radius 2 is 1.54 bits per heavy atom. The second-order valence-corrected chi connectivity index (χ2v) is 7.34. The van der Waals surface area contributed by atoms with Gasteiger partial charge in [-0.3, -0.25) is 0 Å². The Labute approximate surface area is 157 Å². The van der Waals surface area contributed by atoms with Crippen molar-refractivity contribution in [2.75, 3.05) is 0 Å². The van der Waals surface area contributed by atoms with E-state index in [4.69, 9.17) is 16.3 Å². The molecule has 0 bridgehead atoms. The third-order valence-electron chi connectivity index (χ3n) is 3.66. The first kappa shape index (κ1) is 19.8. The quantitative estimate of drug-likeness (QED) is 0.809. The van der Waals surface area contributed by atoms with Crippen LogP contribution in [0.2, 0.25) is 5.02 Å². The number of rotatable bonds is 5. The van der Waals surface area contributed by atoms with E-state index in [0.29, 0.717) is 5.02 Å². The zero-order chi connectivity index (χ0) is 19.3. The fourth-order valence-corrected chi connectivity index (χ4v) is 2.76. The highest BCUT2D eigenvalue weighted by atomic mass is 35.5. The van der Waals surface area contributed by atoms with Gasteiger partial charge in [0.2, 0.25) is 0 Å². The number of hydrogen-bond acceptors (Lipinski definition) is 3. The smallest absolute Gasteiger partial charge is 0.408 e. The Bertz CT molecular complexity index is 754. The van der Waals surface area contributed by atoms with Gasteiger partial charge < -0.3 is 15.2 Å². The van der Waals surface area contributed by atoms with Gasteiger partial charge in [0.1, 0.15) is 11.6 Å². The van der Waals surface area contributed by atoms with Crippen molar-refractivity contribution in [3.8, 4) is 0 Å². The van der Waals surface area contributed by atoms with E-state index in [1.54, 1.807) is 45.0 Å². The standard InChI is InChI=1S/C20H22ClNO4/c1-20(2,3)26-19(25)22-17(18(23)24)16(13-7-5-4-6-8-13)14-9-11-15(21)12-10-14/h4-12,16-17H,1-3H3,(H,22,25)(H,23,24)/t16-,17+/m1/s1. The summed E-state index contributed by atoms with van der Waals surface area (Å²) in [5, 5.41) is 12.8. The minimum atomic E-state index is -1.20. The number of ether oxygens (including phenoxy) is 1. The first-order valence-electron chi connectivity index (χ1n) is 8.20. The minimum absolute atomic E-state index is 0.549. The lowest BCUT2D eigenvalue weighted by Gasteiger charge is -2.27. The molecule has 0 fully saturated rings. The van der Waals surface area contributed by atoms with Gasteiger partial charge in [-0.1, -0.05) is 54.1 Å². The number of carboxylic acid groups (broad SMARTS) is 1. The highest BCUT2D eigenvalue weighted by molar-refractivity contribution is 6.30. The van der Waals surface area contributed by atoms with Crippen molar-refractivity contribution in [3.05, 3.63) is 70.7 Å². The fraction of sp³-hybridized carbons (Fsp3) is 0.300. The molecule has 1 amide bonds. The van der Waals surface area contributed by atoms with Crippen molar-refractivity contribution in [2.45, 2.75) is 38.3 Å². The van der Waals surface area contributed by atoms with Gasteiger partial charge in [-0.15, -0.1) is 0 Å². The molecule has 2 N–H and O–H groups in total. The summed E-state index contributed by atoms with van der Waals surface area (Å²) < 4.78 is 5.22. The van der Waals surface area contributed by atoms with Crippen LogP contribution in [-0.2, 0) is 9.53 Å². The van der Waals surface area contributed by atoms with Crippen LogP contribution < -0.4 is 5.32 Å². The van der Waals surface area contributed by atoms with Crippen molar-refractivity contribution in [1.82, 2.24) is 5.32 Å². The molecule has 0 unspecified atom stereocenters. The van der Waals surface area contributed by atoms with Crippen molar-refractivity contribution in [3.63, 3.8) is 0 Å². The summed E-state index contributed by atoms with van der Waals surface area (Å²) in [5.41, 5.74) is 0.762. The second kappa shape index (κ2) is 8.23. The Hall–Kier alpha value is -2.53. The lowest BCUT2D eigenvalue weighted by Crippen LogP contribution is -2.47. The average molecular weight is 376 g/mol. The molecule has 2 rings (SSSR count). The third kappa shape index (κ3) is 5.49. The van der Waals surface area contributed by atoms with Crippen LogP contribution in [0, 0.1) is 0 Å². The van der Waals surface area contributed by atoms with Crippen LogP contribution >= 0.6 is 11.6 Å². The van der Waals surface area contributed by atoms with Crippen LogP contribution in [0.25, 0.3) is 0 Å². The van der Waals surface area contributed by atoms with Gasteiger partial charge in [0.05, 0.1) is 0 Å². The number of benzene rings is 2. The van der Waals surface area contributed by atoms with Gasteiger partial charge >= 0.3 is 12.1 Å². The third-order valence-corrected chi connectivity index (χ3v) is 3.91. The summed E-state index contributed by atoms with van der Waals surface area (Å²) in [4.78, 5) is 24.1. The van der Waals surface area contributed by atoms with Crippen LogP contribution in [0.1, 0.15) is 37.8 Å². The molecule has 0 aliphatic heterocycles. The van der Waals surface area contributed by atoms with Crippen molar-refractivity contribution < 1.29 is 19.4 Å². The lowest BCUT2D eigenvalue weighted by molar-refractivity contribution is -0.139. The van der Waals surface area contributed by atoms with Gasteiger partial charge in [-0.05, 0) is 44.0 Å². The van der Waals surface area contributed by atoms with Crippen molar-refractivity contribution >= 4 is 23.7 Å². The summed E-state index contributed by atoms with van der Waals surface area (Å²) in [6.07, 6.45) is -0.778. The van der Waals surface area contributed by atoms with E-state index in [-0.39, 0.29) is 0 Å². The van der Waals surface area contributed by atoms with Gasteiger partial charge in [-0.25, -0.2) is 9.59 Å². The zero-order valence-electron chi connectivity index (χ0n) is 14.9. The van der Waals surface area contributed by atoms with E-state index in [1.807, 2.05) is 30.3 Å². The topological polar surface area (TPSA) is 75.6 Å². The summed E-state index contributed by atoms with van der Waals surface area (Å²) in [6.45, 7) is 5.16. The molecule has 2 aromatic rings. The SMILES string of the molecule is CC(C)(C)OC(=O)N[C@H](C(=O)O)[C@H](c1ccccc1)c1ccc(Cl)cc1. The maximum absolute atomic E-state index is 12.2. The number of halogens is 1. The van der Waals surface area contributed by atoms with Crippen molar-refractivity contribution in [2.24, 2.45) is 0 Å². The van der Waals surface area contributed by atoms with E-state index >= 15 is 0 Å². The minimum Gasteiger partial charge on any atom is -0.480 e. The summed E-state index contributed by atoms with van der Waals surface area (Å²) in [6, 6.07) is 14.8. The predicted octanol–water partition coefficient (Wildman–Crippen LogP) is 4.45. The van der Waals surface area contributed by atoms with E-state index in [0.717, 1.165) is 11.1 Å². The van der Waals surface area contributed by atoms with Gasteiger partial charge in [0.25, 0.3) is 0 Å². The van der Waals surface area contributed by atoms with Crippen LogP contribution in [0.3, 0.4) is 0 Å². The molecule has 0 saturated heterocycles. The number of carbonyl (C=O) groups is 2.